The number of amides is 1. The third kappa shape index (κ3) is 3.98. The van der Waals surface area contributed by atoms with E-state index < -0.39 is 11.7 Å². The number of hydrogen-bond acceptors (Lipinski definition) is 4. The van der Waals surface area contributed by atoms with E-state index in [9.17, 15) is 9.59 Å². The van der Waals surface area contributed by atoms with Crippen LogP contribution in [0.2, 0.25) is 0 Å². The summed E-state index contributed by atoms with van der Waals surface area (Å²) in [6.07, 6.45) is 8.03. The Morgan fingerprint density at radius 3 is 2.55 bits per heavy atom. The zero-order valence-corrected chi connectivity index (χ0v) is 11.0. The molecule has 0 atom stereocenters. The second kappa shape index (κ2) is 7.13. The van der Waals surface area contributed by atoms with Crippen molar-refractivity contribution in [2.45, 2.75) is 12.8 Å². The maximum absolute atomic E-state index is 11.7. The monoisotopic (exact) mass is 269 g/mol. The molecule has 1 amide bonds. The first kappa shape index (κ1) is 13.9. The normalized spacial score (nSPS) is 10.0. The molecule has 5 nitrogen and oxygen atoms in total. The summed E-state index contributed by atoms with van der Waals surface area (Å²) in [4.78, 5) is 31.2. The number of nitrogens with one attached hydrogen (secondary N) is 1. The van der Waals surface area contributed by atoms with Gasteiger partial charge in [0, 0.05) is 36.9 Å². The van der Waals surface area contributed by atoms with Crippen molar-refractivity contribution in [1.82, 2.24) is 15.3 Å². The number of Topliss-reactive ketones (excluding diaryl/α,β-unsaturated/α-hetero) is 1. The predicted molar refractivity (Wildman–Crippen MR) is 74.1 cm³/mol. The highest BCUT2D eigenvalue weighted by Crippen LogP contribution is 2.00. The zero-order valence-electron chi connectivity index (χ0n) is 11.0. The number of aromatic nitrogens is 2. The molecule has 2 heterocycles. The Morgan fingerprint density at radius 2 is 1.85 bits per heavy atom. The lowest BCUT2D eigenvalue weighted by molar-refractivity contribution is -0.117. The van der Waals surface area contributed by atoms with E-state index in [1.165, 1.54) is 6.20 Å². The summed E-state index contributed by atoms with van der Waals surface area (Å²) in [7, 11) is 0. The van der Waals surface area contributed by atoms with Crippen LogP contribution >= 0.6 is 0 Å². The topological polar surface area (TPSA) is 72.0 Å². The Hall–Kier alpha value is -2.56. The van der Waals surface area contributed by atoms with Crippen LogP contribution < -0.4 is 5.32 Å². The maximum Gasteiger partial charge on any atom is 0.292 e. The molecule has 2 aromatic heterocycles. The van der Waals surface area contributed by atoms with Crippen LogP contribution in [0.3, 0.4) is 0 Å². The molecule has 1 N–H and O–H groups in total. The molecule has 0 aliphatic carbocycles. The predicted octanol–water partition coefficient (Wildman–Crippen LogP) is 1.41. The van der Waals surface area contributed by atoms with Gasteiger partial charge in [0.25, 0.3) is 11.7 Å². The zero-order chi connectivity index (χ0) is 14.2. The van der Waals surface area contributed by atoms with Crippen LogP contribution in [-0.2, 0) is 11.2 Å². The summed E-state index contributed by atoms with van der Waals surface area (Å²) >= 11 is 0. The SMILES string of the molecule is O=C(NCCCc1ccncc1)C(=O)c1cccnc1. The van der Waals surface area contributed by atoms with E-state index in [4.69, 9.17) is 0 Å². The quantitative estimate of drug-likeness (QED) is 0.489. The number of pyridine rings is 2. The van der Waals surface area contributed by atoms with Crippen molar-refractivity contribution in [3.8, 4) is 0 Å². The van der Waals surface area contributed by atoms with E-state index in [0.29, 0.717) is 12.1 Å². The number of carbonyl (C=O) groups excluding carboxylic acids is 2. The van der Waals surface area contributed by atoms with Crippen LogP contribution in [0.5, 0.6) is 0 Å². The minimum Gasteiger partial charge on any atom is -0.349 e. The maximum atomic E-state index is 11.7. The molecule has 5 heteroatoms. The van der Waals surface area contributed by atoms with Gasteiger partial charge in [0.15, 0.2) is 0 Å². The van der Waals surface area contributed by atoms with Crippen LogP contribution in [0.1, 0.15) is 22.3 Å². The molecule has 0 spiro atoms. The van der Waals surface area contributed by atoms with Crippen molar-refractivity contribution in [3.63, 3.8) is 0 Å². The number of ketones is 1. The smallest absolute Gasteiger partial charge is 0.292 e. The van der Waals surface area contributed by atoms with Crippen LogP contribution in [0.25, 0.3) is 0 Å². The van der Waals surface area contributed by atoms with Gasteiger partial charge in [-0.15, -0.1) is 0 Å². The molecule has 0 aliphatic heterocycles. The minimum atomic E-state index is -0.590. The molecule has 0 aromatic carbocycles. The fourth-order valence-electron chi connectivity index (χ4n) is 1.75. The molecular formula is C15H15N3O2. The van der Waals surface area contributed by atoms with Crippen molar-refractivity contribution < 1.29 is 9.59 Å². The Balaban J connectivity index is 1.74. The average molecular weight is 269 g/mol. The largest absolute Gasteiger partial charge is 0.349 e. The summed E-state index contributed by atoms with van der Waals surface area (Å²) in [6, 6.07) is 7.07. The van der Waals surface area contributed by atoms with E-state index in [1.54, 1.807) is 30.7 Å². The molecule has 2 aromatic rings. The first-order chi connectivity index (χ1) is 9.77. The highest BCUT2D eigenvalue weighted by Gasteiger charge is 2.15. The summed E-state index contributed by atoms with van der Waals surface area (Å²) in [5.74, 6) is -1.14. The second-order valence-electron chi connectivity index (χ2n) is 4.29. The second-order valence-corrected chi connectivity index (χ2v) is 4.29. The molecule has 0 radical (unpaired) electrons. The number of carbonyl (C=O) groups is 2. The summed E-state index contributed by atoms with van der Waals surface area (Å²) in [6.45, 7) is 0.465. The van der Waals surface area contributed by atoms with Crippen LogP contribution in [0, 0.1) is 0 Å². The van der Waals surface area contributed by atoms with Gasteiger partial charge in [-0.25, -0.2) is 0 Å². The van der Waals surface area contributed by atoms with Crippen LogP contribution in [0.4, 0.5) is 0 Å². The molecule has 0 aliphatic rings. The van der Waals surface area contributed by atoms with Crippen molar-refractivity contribution in [2.24, 2.45) is 0 Å². The van der Waals surface area contributed by atoms with Gasteiger partial charge >= 0.3 is 0 Å². The molecule has 102 valence electrons. The van der Waals surface area contributed by atoms with Gasteiger partial charge in [-0.2, -0.15) is 0 Å². The molecular weight excluding hydrogens is 254 g/mol. The third-order valence-electron chi connectivity index (χ3n) is 2.81. The Kier molecular flexibility index (Phi) is 4.94. The number of aryl methyl sites for hydroxylation is 1. The van der Waals surface area contributed by atoms with Crippen molar-refractivity contribution in [2.75, 3.05) is 6.54 Å². The lowest BCUT2D eigenvalue weighted by Crippen LogP contribution is -2.32. The van der Waals surface area contributed by atoms with Crippen LogP contribution in [-0.4, -0.2) is 28.2 Å². The third-order valence-corrected chi connectivity index (χ3v) is 2.81. The highest BCUT2D eigenvalue weighted by molar-refractivity contribution is 6.42. The van der Waals surface area contributed by atoms with Crippen molar-refractivity contribution >= 4 is 11.7 Å². The summed E-state index contributed by atoms with van der Waals surface area (Å²) < 4.78 is 0. The van der Waals surface area contributed by atoms with Gasteiger partial charge in [0.1, 0.15) is 0 Å². The Labute approximate surface area is 117 Å². The molecule has 0 saturated carbocycles. The van der Waals surface area contributed by atoms with Gasteiger partial charge in [0.2, 0.25) is 0 Å². The molecule has 0 unspecified atom stereocenters. The molecule has 0 bridgehead atoms. The summed E-state index contributed by atoms with van der Waals surface area (Å²) in [5, 5.41) is 2.62. The van der Waals surface area contributed by atoms with Gasteiger partial charge < -0.3 is 5.32 Å². The Bertz CT molecular complexity index is 570. The van der Waals surface area contributed by atoms with E-state index in [2.05, 4.69) is 15.3 Å². The number of hydrogen-bond donors (Lipinski definition) is 1. The summed E-state index contributed by atoms with van der Waals surface area (Å²) in [5.41, 5.74) is 1.46. The molecule has 2 rings (SSSR count). The minimum absolute atomic E-state index is 0.305. The Morgan fingerprint density at radius 1 is 1.05 bits per heavy atom. The highest BCUT2D eigenvalue weighted by atomic mass is 16.2. The number of nitrogens with zero attached hydrogens (tertiary/aromatic N) is 2. The van der Waals surface area contributed by atoms with E-state index in [1.807, 2.05) is 12.1 Å². The first-order valence-electron chi connectivity index (χ1n) is 6.39. The van der Waals surface area contributed by atoms with Crippen molar-refractivity contribution in [1.29, 1.82) is 0 Å². The van der Waals surface area contributed by atoms with Crippen LogP contribution in [0.15, 0.2) is 49.1 Å². The molecule has 20 heavy (non-hydrogen) atoms. The lowest BCUT2D eigenvalue weighted by atomic mass is 10.1. The molecule has 0 saturated heterocycles. The van der Waals surface area contributed by atoms with E-state index in [-0.39, 0.29) is 0 Å². The van der Waals surface area contributed by atoms with Crippen molar-refractivity contribution in [3.05, 3.63) is 60.2 Å². The van der Waals surface area contributed by atoms with Gasteiger partial charge in [-0.1, -0.05) is 0 Å². The lowest BCUT2D eigenvalue weighted by Gasteiger charge is -2.04. The fourth-order valence-corrected chi connectivity index (χ4v) is 1.75. The van der Waals surface area contributed by atoms with E-state index in [0.717, 1.165) is 18.4 Å². The standard InChI is InChI=1S/C15H15N3O2/c19-14(13-4-2-7-17-11-13)15(20)18-8-1-3-12-5-9-16-10-6-12/h2,4-7,9-11H,1,3,8H2,(H,18,20). The number of rotatable bonds is 6. The fraction of sp³-hybridized carbons (Fsp3) is 0.200. The van der Waals surface area contributed by atoms with Gasteiger partial charge in [-0.3, -0.25) is 19.6 Å². The first-order valence-corrected chi connectivity index (χ1v) is 6.39. The average Bonchev–Trinajstić information content (AvgIpc) is 2.52. The van der Waals surface area contributed by atoms with E-state index >= 15 is 0 Å². The molecule has 0 fully saturated rings. The van der Waals surface area contributed by atoms with Gasteiger partial charge in [-0.05, 0) is 42.7 Å². The van der Waals surface area contributed by atoms with Gasteiger partial charge in [0.05, 0.1) is 0 Å².